The molecule has 1 heterocycles. The number of hydrogen-bond donors (Lipinski definition) is 1. The topological polar surface area (TPSA) is 97.2 Å². The van der Waals surface area contributed by atoms with Crippen molar-refractivity contribution in [1.29, 1.82) is 0 Å². The predicted octanol–water partition coefficient (Wildman–Crippen LogP) is 6.59. The zero-order chi connectivity index (χ0) is 29.2. The molecule has 1 saturated heterocycles. The van der Waals surface area contributed by atoms with Gasteiger partial charge in [0.2, 0.25) is 0 Å². The minimum absolute atomic E-state index is 0.0648. The predicted molar refractivity (Wildman–Crippen MR) is 151 cm³/mol. The Morgan fingerprint density at radius 3 is 2.44 bits per heavy atom. The lowest BCUT2D eigenvalue weighted by molar-refractivity contribution is -0.274. The van der Waals surface area contributed by atoms with E-state index in [4.69, 9.17) is 5.73 Å². The molecular weight excluding hydrogens is 567 g/mol. The summed E-state index contributed by atoms with van der Waals surface area (Å²) >= 11 is 1.47. The Balaban J connectivity index is 1.39. The SMILES string of the molecule is NC(=NC=Nc1ccc(OC(F)(F)F)cc1)c1ccc(/C=N/N=C2\SCCCN2c2ccccc2OC(F)F)cc1. The van der Waals surface area contributed by atoms with E-state index < -0.39 is 13.0 Å². The lowest BCUT2D eigenvalue weighted by Crippen LogP contribution is -2.34. The third-order valence-corrected chi connectivity index (χ3v) is 6.44. The van der Waals surface area contributed by atoms with E-state index in [1.54, 1.807) is 53.6 Å². The van der Waals surface area contributed by atoms with Crippen LogP contribution in [0.2, 0.25) is 0 Å². The summed E-state index contributed by atoms with van der Waals surface area (Å²) in [5, 5.41) is 9.04. The van der Waals surface area contributed by atoms with E-state index in [1.807, 2.05) is 0 Å². The molecule has 0 aromatic heterocycles. The molecule has 0 saturated carbocycles. The number of rotatable bonds is 9. The van der Waals surface area contributed by atoms with Gasteiger partial charge in [-0.25, -0.2) is 9.98 Å². The maximum absolute atomic E-state index is 12.9. The first-order valence-electron chi connectivity index (χ1n) is 12.1. The largest absolute Gasteiger partial charge is 0.573 e. The Morgan fingerprint density at radius 2 is 1.73 bits per heavy atom. The summed E-state index contributed by atoms with van der Waals surface area (Å²) in [5.41, 5.74) is 8.20. The van der Waals surface area contributed by atoms with E-state index in [-0.39, 0.29) is 17.3 Å². The fourth-order valence-electron chi connectivity index (χ4n) is 3.59. The van der Waals surface area contributed by atoms with E-state index >= 15 is 0 Å². The second-order valence-electron chi connectivity index (χ2n) is 8.25. The van der Waals surface area contributed by atoms with Crippen LogP contribution in [-0.4, -0.2) is 48.8 Å². The summed E-state index contributed by atoms with van der Waals surface area (Å²) in [5.74, 6) is 0.703. The second kappa shape index (κ2) is 13.7. The molecule has 2 N–H and O–H groups in total. The van der Waals surface area contributed by atoms with Crippen molar-refractivity contribution in [2.75, 3.05) is 17.2 Å². The number of anilines is 1. The maximum atomic E-state index is 12.9. The number of aliphatic imine (C=N–C) groups is 2. The van der Waals surface area contributed by atoms with E-state index in [9.17, 15) is 22.0 Å². The average Bonchev–Trinajstić information content (AvgIpc) is 2.94. The molecule has 4 rings (SSSR count). The van der Waals surface area contributed by atoms with Gasteiger partial charge in [0.05, 0.1) is 17.6 Å². The van der Waals surface area contributed by atoms with Gasteiger partial charge in [0.15, 0.2) is 5.17 Å². The average molecular weight is 591 g/mol. The third kappa shape index (κ3) is 9.03. The van der Waals surface area contributed by atoms with Gasteiger partial charge < -0.3 is 20.1 Å². The zero-order valence-corrected chi connectivity index (χ0v) is 22.0. The van der Waals surface area contributed by atoms with Crippen LogP contribution in [0.5, 0.6) is 11.5 Å². The smallest absolute Gasteiger partial charge is 0.433 e. The number of thioether (sulfide) groups is 1. The zero-order valence-electron chi connectivity index (χ0n) is 21.2. The molecule has 1 aliphatic heterocycles. The first-order chi connectivity index (χ1) is 19.7. The van der Waals surface area contributed by atoms with Crippen LogP contribution < -0.4 is 20.1 Å². The molecule has 3 aromatic rings. The highest BCUT2D eigenvalue weighted by Crippen LogP contribution is 2.33. The molecule has 0 amide bonds. The van der Waals surface area contributed by atoms with Gasteiger partial charge in [0.25, 0.3) is 0 Å². The summed E-state index contributed by atoms with van der Waals surface area (Å²) in [4.78, 5) is 9.90. The van der Waals surface area contributed by atoms with Gasteiger partial charge in [-0.05, 0) is 48.4 Å². The van der Waals surface area contributed by atoms with Gasteiger partial charge in [-0.2, -0.15) is 13.9 Å². The molecule has 0 bridgehead atoms. The van der Waals surface area contributed by atoms with E-state index in [1.165, 1.54) is 36.3 Å². The molecule has 1 aliphatic rings. The minimum atomic E-state index is -4.77. The van der Waals surface area contributed by atoms with Crippen molar-refractivity contribution in [1.82, 2.24) is 0 Å². The molecule has 0 spiro atoms. The second-order valence-corrected chi connectivity index (χ2v) is 9.31. The molecule has 14 heteroatoms. The van der Waals surface area contributed by atoms with Crippen LogP contribution in [0.4, 0.5) is 33.3 Å². The van der Waals surface area contributed by atoms with Crippen LogP contribution in [-0.2, 0) is 0 Å². The summed E-state index contributed by atoms with van der Waals surface area (Å²) < 4.78 is 71.0. The van der Waals surface area contributed by atoms with Crippen molar-refractivity contribution in [2.45, 2.75) is 19.4 Å². The number of halogens is 5. The van der Waals surface area contributed by atoms with Crippen LogP contribution >= 0.6 is 11.8 Å². The highest BCUT2D eigenvalue weighted by Gasteiger charge is 2.31. The molecular formula is C27H23F5N6O2S. The number of alkyl halides is 5. The molecule has 3 aromatic carbocycles. The van der Waals surface area contributed by atoms with Gasteiger partial charge in [0, 0.05) is 17.9 Å². The summed E-state index contributed by atoms with van der Waals surface area (Å²) in [6.45, 7) is -2.36. The third-order valence-electron chi connectivity index (χ3n) is 5.39. The number of hydrogen-bond acceptors (Lipinski definition) is 6. The number of nitrogens with zero attached hydrogens (tertiary/aromatic N) is 5. The maximum Gasteiger partial charge on any atom is 0.573 e. The van der Waals surface area contributed by atoms with Crippen LogP contribution in [0.15, 0.2) is 93.0 Å². The molecule has 0 atom stereocenters. The number of ether oxygens (including phenoxy) is 2. The fourth-order valence-corrected chi connectivity index (χ4v) is 4.50. The van der Waals surface area contributed by atoms with E-state index in [0.717, 1.165) is 29.9 Å². The lowest BCUT2D eigenvalue weighted by Gasteiger charge is -2.30. The molecule has 0 unspecified atom stereocenters. The van der Waals surface area contributed by atoms with Gasteiger partial charge in [-0.1, -0.05) is 48.2 Å². The monoisotopic (exact) mass is 590 g/mol. The van der Waals surface area contributed by atoms with Crippen molar-refractivity contribution < 1.29 is 31.4 Å². The Morgan fingerprint density at radius 1 is 1.00 bits per heavy atom. The van der Waals surface area contributed by atoms with E-state index in [0.29, 0.717) is 28.7 Å². The molecule has 0 radical (unpaired) electrons. The number of amidine groups is 2. The van der Waals surface area contributed by atoms with Gasteiger partial charge >= 0.3 is 13.0 Å². The molecule has 8 nitrogen and oxygen atoms in total. The van der Waals surface area contributed by atoms with Gasteiger partial charge in [0.1, 0.15) is 23.7 Å². The Kier molecular flexibility index (Phi) is 9.90. The molecule has 214 valence electrons. The summed E-state index contributed by atoms with van der Waals surface area (Å²) in [7, 11) is 0. The highest BCUT2D eigenvalue weighted by molar-refractivity contribution is 8.14. The van der Waals surface area contributed by atoms with Gasteiger partial charge in [-0.3, -0.25) is 0 Å². The number of benzene rings is 3. The van der Waals surface area contributed by atoms with Gasteiger partial charge in [-0.15, -0.1) is 18.3 Å². The fraction of sp³-hybridized carbons (Fsp3) is 0.185. The van der Waals surface area contributed by atoms with Crippen molar-refractivity contribution in [3.05, 3.63) is 83.9 Å². The van der Waals surface area contributed by atoms with E-state index in [2.05, 4.69) is 29.7 Å². The van der Waals surface area contributed by atoms with Crippen molar-refractivity contribution in [3.8, 4) is 11.5 Å². The van der Waals surface area contributed by atoms with Crippen molar-refractivity contribution in [2.24, 2.45) is 25.9 Å². The van der Waals surface area contributed by atoms with Crippen LogP contribution in [0.25, 0.3) is 0 Å². The normalized spacial score (nSPS) is 15.8. The minimum Gasteiger partial charge on any atom is -0.433 e. The van der Waals surface area contributed by atoms with Crippen molar-refractivity contribution >= 4 is 46.7 Å². The Bertz CT molecular complexity index is 1430. The summed E-state index contributed by atoms with van der Waals surface area (Å²) in [6.07, 6.45) is -1.18. The number of para-hydroxylation sites is 2. The highest BCUT2D eigenvalue weighted by atomic mass is 32.2. The first-order valence-corrected chi connectivity index (χ1v) is 13.0. The van der Waals surface area contributed by atoms with Crippen LogP contribution in [0, 0.1) is 0 Å². The Labute approximate surface area is 236 Å². The molecule has 1 fully saturated rings. The lowest BCUT2D eigenvalue weighted by atomic mass is 10.1. The molecule has 41 heavy (non-hydrogen) atoms. The van der Waals surface area contributed by atoms with Crippen molar-refractivity contribution in [3.63, 3.8) is 0 Å². The standard InChI is InChI=1S/C27H23F5N6O2S/c28-25(29)39-23-5-2-1-4-22(23)38-14-3-15-41-26(38)37-36-16-18-6-8-19(9-7-18)24(33)35-17-34-20-10-12-21(13-11-20)40-27(30,31)32/h1-2,4-13,16-17,25H,3,14-15H2,(H2,33,34,35)/b36-16+,37-26-. The Hall–Kier alpha value is -4.46. The first kappa shape index (κ1) is 29.5. The van der Waals surface area contributed by atoms with Crippen LogP contribution in [0.3, 0.4) is 0 Å². The summed E-state index contributed by atoms with van der Waals surface area (Å²) in [6, 6.07) is 18.5. The number of nitrogens with two attached hydrogens (primary N) is 1. The van der Waals surface area contributed by atoms with Crippen LogP contribution in [0.1, 0.15) is 17.5 Å². The molecule has 0 aliphatic carbocycles. The quantitative estimate of drug-likeness (QED) is 0.131.